The molecule has 0 aliphatic rings. The maximum absolute atomic E-state index is 12.8. The first-order chi connectivity index (χ1) is 11.9. The van der Waals surface area contributed by atoms with Crippen molar-refractivity contribution in [2.24, 2.45) is 0 Å². The average Bonchev–Trinajstić information content (AvgIpc) is 2.59. The number of benzene rings is 1. The maximum atomic E-state index is 12.8. The van der Waals surface area contributed by atoms with Crippen LogP contribution in [0.4, 0.5) is 24.8 Å². The molecular formula is C17H20F3N3O2. The Morgan fingerprint density at radius 2 is 1.84 bits per heavy atom. The van der Waals surface area contributed by atoms with Gasteiger partial charge in [-0.05, 0) is 30.7 Å². The molecule has 0 aliphatic carbocycles. The summed E-state index contributed by atoms with van der Waals surface area (Å²) in [7, 11) is 1.13. The van der Waals surface area contributed by atoms with Gasteiger partial charge in [0.25, 0.3) is 0 Å². The van der Waals surface area contributed by atoms with Crippen molar-refractivity contribution < 1.29 is 22.6 Å². The molecule has 1 aromatic heterocycles. The Morgan fingerprint density at radius 3 is 2.44 bits per heavy atom. The van der Waals surface area contributed by atoms with Crippen LogP contribution >= 0.6 is 0 Å². The summed E-state index contributed by atoms with van der Waals surface area (Å²) in [6.45, 7) is 2.78. The van der Waals surface area contributed by atoms with E-state index in [1.165, 1.54) is 0 Å². The van der Waals surface area contributed by atoms with E-state index in [1.54, 1.807) is 24.3 Å². The number of rotatable bonds is 8. The van der Waals surface area contributed by atoms with E-state index in [0.29, 0.717) is 18.5 Å². The zero-order chi connectivity index (χ0) is 18.3. The van der Waals surface area contributed by atoms with E-state index in [9.17, 15) is 13.2 Å². The van der Waals surface area contributed by atoms with Crippen LogP contribution in [0.3, 0.4) is 0 Å². The molecule has 0 fully saturated rings. The van der Waals surface area contributed by atoms with Gasteiger partial charge >= 0.3 is 6.18 Å². The predicted molar refractivity (Wildman–Crippen MR) is 88.3 cm³/mol. The number of nitrogens with one attached hydrogen (secondary N) is 1. The van der Waals surface area contributed by atoms with Crippen LogP contribution in [0, 0.1) is 0 Å². The van der Waals surface area contributed by atoms with Crippen molar-refractivity contribution in [1.82, 2.24) is 9.97 Å². The van der Waals surface area contributed by atoms with Crippen LogP contribution < -0.4 is 14.8 Å². The van der Waals surface area contributed by atoms with E-state index in [2.05, 4.69) is 22.2 Å². The quantitative estimate of drug-likeness (QED) is 0.688. The molecule has 2 rings (SSSR count). The fraction of sp³-hybridized carbons (Fsp3) is 0.412. The molecule has 1 aromatic carbocycles. The van der Waals surface area contributed by atoms with Crippen LogP contribution in [0.25, 0.3) is 0 Å². The first-order valence-electron chi connectivity index (χ1n) is 7.92. The van der Waals surface area contributed by atoms with Gasteiger partial charge in [0.1, 0.15) is 11.3 Å². The first-order valence-corrected chi connectivity index (χ1v) is 7.92. The third-order valence-electron chi connectivity index (χ3n) is 3.38. The third-order valence-corrected chi connectivity index (χ3v) is 3.38. The molecule has 8 heteroatoms. The van der Waals surface area contributed by atoms with Gasteiger partial charge in [-0.25, -0.2) is 4.98 Å². The van der Waals surface area contributed by atoms with E-state index in [1.807, 2.05) is 0 Å². The molecule has 0 spiro atoms. The standard InChI is InChI=1S/C17H20F3N3O2/c1-3-4-5-10-25-13-8-6-12(7-9-13)22-16-21-11-14(17(18,19)20)15(23-16)24-2/h6-9,11H,3-5,10H2,1-2H3,(H,21,22,23). The Balaban J connectivity index is 2.02. The van der Waals surface area contributed by atoms with Crippen LogP contribution in [0.15, 0.2) is 30.5 Å². The van der Waals surface area contributed by atoms with Gasteiger partial charge in [0.2, 0.25) is 11.8 Å². The molecule has 0 saturated carbocycles. The summed E-state index contributed by atoms with van der Waals surface area (Å²) < 4.78 is 48.7. The monoisotopic (exact) mass is 355 g/mol. The highest BCUT2D eigenvalue weighted by molar-refractivity contribution is 5.55. The molecule has 2 aromatic rings. The molecule has 5 nitrogen and oxygen atoms in total. The number of halogens is 3. The average molecular weight is 355 g/mol. The maximum Gasteiger partial charge on any atom is 0.423 e. The molecule has 0 aliphatic heterocycles. The first kappa shape index (κ1) is 18.8. The Morgan fingerprint density at radius 1 is 1.12 bits per heavy atom. The van der Waals surface area contributed by atoms with Crippen LogP contribution in [0.2, 0.25) is 0 Å². The Hall–Kier alpha value is -2.51. The second-order valence-corrected chi connectivity index (χ2v) is 5.32. The summed E-state index contributed by atoms with van der Waals surface area (Å²) in [4.78, 5) is 7.44. The van der Waals surface area contributed by atoms with Gasteiger partial charge in [0.05, 0.1) is 13.7 Å². The number of nitrogens with zero attached hydrogens (tertiary/aromatic N) is 2. The summed E-state index contributed by atoms with van der Waals surface area (Å²) in [5.74, 6) is 0.218. The van der Waals surface area contributed by atoms with Crippen molar-refractivity contribution in [2.75, 3.05) is 19.0 Å². The van der Waals surface area contributed by atoms with Gasteiger partial charge < -0.3 is 14.8 Å². The van der Waals surface area contributed by atoms with Crippen molar-refractivity contribution in [3.63, 3.8) is 0 Å². The number of alkyl halides is 3. The largest absolute Gasteiger partial charge is 0.494 e. The lowest BCUT2D eigenvalue weighted by Crippen LogP contribution is -2.11. The molecule has 0 amide bonds. The topological polar surface area (TPSA) is 56.3 Å². The molecule has 0 atom stereocenters. The van der Waals surface area contributed by atoms with Crippen molar-refractivity contribution in [2.45, 2.75) is 32.4 Å². The lowest BCUT2D eigenvalue weighted by molar-refractivity contribution is -0.139. The van der Waals surface area contributed by atoms with Crippen LogP contribution in [0.5, 0.6) is 11.6 Å². The predicted octanol–water partition coefficient (Wildman–Crippen LogP) is 4.82. The molecular weight excluding hydrogens is 335 g/mol. The summed E-state index contributed by atoms with van der Waals surface area (Å²) >= 11 is 0. The zero-order valence-electron chi connectivity index (χ0n) is 14.1. The van der Waals surface area contributed by atoms with Gasteiger partial charge in [-0.1, -0.05) is 19.8 Å². The lowest BCUT2D eigenvalue weighted by Gasteiger charge is -2.12. The van der Waals surface area contributed by atoms with Crippen LogP contribution in [-0.4, -0.2) is 23.7 Å². The van der Waals surface area contributed by atoms with Crippen molar-refractivity contribution in [3.05, 3.63) is 36.0 Å². The molecule has 1 heterocycles. The molecule has 1 N–H and O–H groups in total. The van der Waals surface area contributed by atoms with Gasteiger partial charge in [0, 0.05) is 11.9 Å². The summed E-state index contributed by atoms with van der Waals surface area (Å²) in [6, 6.07) is 7.02. The minimum Gasteiger partial charge on any atom is -0.494 e. The molecule has 0 radical (unpaired) electrons. The van der Waals surface area contributed by atoms with Gasteiger partial charge in [-0.3, -0.25) is 0 Å². The van der Waals surface area contributed by atoms with Crippen LogP contribution in [0.1, 0.15) is 31.7 Å². The van der Waals surface area contributed by atoms with E-state index in [0.717, 1.165) is 32.1 Å². The minimum absolute atomic E-state index is 0.0152. The number of methoxy groups -OCH3 is 1. The summed E-state index contributed by atoms with van der Waals surface area (Å²) in [5, 5.41) is 2.84. The molecule has 0 unspecified atom stereocenters. The highest BCUT2D eigenvalue weighted by Crippen LogP contribution is 2.35. The highest BCUT2D eigenvalue weighted by Gasteiger charge is 2.36. The number of hydrogen-bond donors (Lipinski definition) is 1. The van der Waals surface area contributed by atoms with Gasteiger partial charge in [-0.2, -0.15) is 18.2 Å². The number of unbranched alkanes of at least 4 members (excludes halogenated alkanes) is 2. The van der Waals surface area contributed by atoms with Crippen molar-refractivity contribution >= 4 is 11.6 Å². The number of ether oxygens (including phenoxy) is 2. The van der Waals surface area contributed by atoms with E-state index in [4.69, 9.17) is 9.47 Å². The van der Waals surface area contributed by atoms with Crippen LogP contribution in [-0.2, 0) is 6.18 Å². The van der Waals surface area contributed by atoms with E-state index >= 15 is 0 Å². The van der Waals surface area contributed by atoms with Crippen molar-refractivity contribution in [1.29, 1.82) is 0 Å². The summed E-state index contributed by atoms with van der Waals surface area (Å²) in [6.07, 6.45) is -0.634. The molecule has 0 saturated heterocycles. The fourth-order valence-corrected chi connectivity index (χ4v) is 2.08. The Kier molecular flexibility index (Phi) is 6.44. The SMILES string of the molecule is CCCCCOc1ccc(Nc2ncc(C(F)(F)F)c(OC)n2)cc1. The van der Waals surface area contributed by atoms with Gasteiger partial charge in [0.15, 0.2) is 0 Å². The summed E-state index contributed by atoms with van der Waals surface area (Å²) in [5.41, 5.74) is -0.390. The highest BCUT2D eigenvalue weighted by atomic mass is 19.4. The number of hydrogen-bond acceptors (Lipinski definition) is 5. The fourth-order valence-electron chi connectivity index (χ4n) is 2.08. The lowest BCUT2D eigenvalue weighted by atomic mass is 10.2. The molecule has 136 valence electrons. The van der Waals surface area contributed by atoms with Crippen molar-refractivity contribution in [3.8, 4) is 11.6 Å². The normalized spacial score (nSPS) is 11.2. The minimum atomic E-state index is -4.57. The van der Waals surface area contributed by atoms with E-state index in [-0.39, 0.29) is 5.95 Å². The Labute approximate surface area is 144 Å². The number of aromatic nitrogens is 2. The smallest absolute Gasteiger partial charge is 0.423 e. The Bertz CT molecular complexity index is 676. The zero-order valence-corrected chi connectivity index (χ0v) is 14.1. The second kappa shape index (κ2) is 8.55. The molecule has 25 heavy (non-hydrogen) atoms. The van der Waals surface area contributed by atoms with E-state index < -0.39 is 17.6 Å². The number of anilines is 2. The van der Waals surface area contributed by atoms with Gasteiger partial charge in [-0.15, -0.1) is 0 Å². The second-order valence-electron chi connectivity index (χ2n) is 5.32. The third kappa shape index (κ3) is 5.51. The molecule has 0 bridgehead atoms.